The molecular weight excluding hydrogens is 408 g/mol. The topological polar surface area (TPSA) is 61.4 Å². The molecule has 5 nitrogen and oxygen atoms in total. The summed E-state index contributed by atoms with van der Waals surface area (Å²) in [5, 5.41) is 4.68. The monoisotopic (exact) mass is 425 g/mol. The van der Waals surface area contributed by atoms with Gasteiger partial charge in [0.2, 0.25) is 5.91 Å². The molecule has 3 amide bonds. The molecule has 0 aromatic heterocycles. The summed E-state index contributed by atoms with van der Waals surface area (Å²) < 4.78 is 28.0. The fraction of sp³-hybridized carbons (Fsp3) is 0.0909. The number of carbonyl (C=O) groups excluding carboxylic acids is 2. The van der Waals surface area contributed by atoms with E-state index in [1.165, 1.54) is 40.9 Å². The standard InChI is InChI=1S/C22H17F2N3O2S/c23-16-8-1-3-10-18(16)26-22(29)25-15-7-5-6-14(12-15)21-27(20(28)13-30-21)19-11-4-2-9-17(19)24/h1-12,21H,13H2,(H2,25,26,29)/t21-/m1/s1. The largest absolute Gasteiger partial charge is 0.323 e. The van der Waals surface area contributed by atoms with Crippen molar-refractivity contribution >= 4 is 40.8 Å². The predicted octanol–water partition coefficient (Wildman–Crippen LogP) is 5.39. The number of hydrogen-bond donors (Lipinski definition) is 2. The van der Waals surface area contributed by atoms with Gasteiger partial charge in [-0.25, -0.2) is 13.6 Å². The molecule has 1 heterocycles. The zero-order valence-electron chi connectivity index (χ0n) is 15.6. The molecule has 152 valence electrons. The summed E-state index contributed by atoms with van der Waals surface area (Å²) in [4.78, 5) is 26.1. The Hall–Kier alpha value is -3.39. The number of anilines is 3. The van der Waals surface area contributed by atoms with Crippen molar-refractivity contribution in [3.8, 4) is 0 Å². The van der Waals surface area contributed by atoms with Crippen molar-refractivity contribution in [1.82, 2.24) is 0 Å². The van der Waals surface area contributed by atoms with Crippen LogP contribution in [0.3, 0.4) is 0 Å². The van der Waals surface area contributed by atoms with Crippen LogP contribution >= 0.6 is 11.8 Å². The maximum atomic E-state index is 14.3. The summed E-state index contributed by atoms with van der Waals surface area (Å²) in [6.07, 6.45) is 0. The second-order valence-corrected chi connectivity index (χ2v) is 7.63. The Kier molecular flexibility index (Phi) is 5.67. The lowest BCUT2D eigenvalue weighted by molar-refractivity contribution is -0.115. The van der Waals surface area contributed by atoms with Gasteiger partial charge in [-0.05, 0) is 42.0 Å². The zero-order valence-corrected chi connectivity index (χ0v) is 16.5. The molecule has 30 heavy (non-hydrogen) atoms. The van der Waals surface area contributed by atoms with Crippen molar-refractivity contribution < 1.29 is 18.4 Å². The average Bonchev–Trinajstić information content (AvgIpc) is 3.11. The number of halogens is 2. The number of para-hydroxylation sites is 2. The zero-order chi connectivity index (χ0) is 21.1. The second-order valence-electron chi connectivity index (χ2n) is 6.56. The minimum absolute atomic E-state index is 0.0637. The first-order chi connectivity index (χ1) is 14.5. The lowest BCUT2D eigenvalue weighted by atomic mass is 10.1. The van der Waals surface area contributed by atoms with Crippen molar-refractivity contribution in [3.63, 3.8) is 0 Å². The average molecular weight is 425 g/mol. The fourth-order valence-corrected chi connectivity index (χ4v) is 4.35. The van der Waals surface area contributed by atoms with E-state index in [4.69, 9.17) is 0 Å². The third kappa shape index (κ3) is 4.13. The normalized spacial score (nSPS) is 15.9. The smallest absolute Gasteiger partial charge is 0.308 e. The first-order valence-electron chi connectivity index (χ1n) is 9.13. The molecule has 1 aliphatic heterocycles. The molecule has 0 radical (unpaired) electrons. The van der Waals surface area contributed by atoms with Gasteiger partial charge in [0.05, 0.1) is 17.1 Å². The van der Waals surface area contributed by atoms with E-state index in [2.05, 4.69) is 10.6 Å². The van der Waals surface area contributed by atoms with Crippen molar-refractivity contribution in [1.29, 1.82) is 0 Å². The van der Waals surface area contributed by atoms with E-state index in [9.17, 15) is 18.4 Å². The summed E-state index contributed by atoms with van der Waals surface area (Å²) in [5.74, 6) is -0.977. The van der Waals surface area contributed by atoms with Gasteiger partial charge in [-0.3, -0.25) is 9.69 Å². The molecule has 1 atom stereocenters. The van der Waals surface area contributed by atoms with Crippen LogP contribution in [0.2, 0.25) is 0 Å². The maximum absolute atomic E-state index is 14.3. The lowest BCUT2D eigenvalue weighted by Crippen LogP contribution is -2.28. The van der Waals surface area contributed by atoms with E-state index in [0.29, 0.717) is 5.69 Å². The highest BCUT2D eigenvalue weighted by molar-refractivity contribution is 8.00. The van der Waals surface area contributed by atoms with Gasteiger partial charge in [0.15, 0.2) is 0 Å². The Bertz CT molecular complexity index is 1110. The van der Waals surface area contributed by atoms with E-state index in [-0.39, 0.29) is 23.0 Å². The third-order valence-electron chi connectivity index (χ3n) is 4.53. The number of amides is 3. The molecular formula is C22H17F2N3O2S. The molecule has 0 unspecified atom stereocenters. The van der Waals surface area contributed by atoms with Crippen molar-refractivity contribution in [3.05, 3.63) is 90.0 Å². The van der Waals surface area contributed by atoms with Gasteiger partial charge >= 0.3 is 6.03 Å². The Morgan fingerprint density at radius 1 is 0.933 bits per heavy atom. The third-order valence-corrected chi connectivity index (χ3v) is 5.74. The number of benzene rings is 3. The molecule has 3 aromatic rings. The lowest BCUT2D eigenvalue weighted by Gasteiger charge is -2.25. The van der Waals surface area contributed by atoms with Crippen LogP contribution in [-0.4, -0.2) is 17.7 Å². The maximum Gasteiger partial charge on any atom is 0.323 e. The van der Waals surface area contributed by atoms with Gasteiger partial charge in [-0.15, -0.1) is 11.8 Å². The number of thioether (sulfide) groups is 1. The van der Waals surface area contributed by atoms with Crippen LogP contribution in [-0.2, 0) is 4.79 Å². The molecule has 1 fully saturated rings. The predicted molar refractivity (Wildman–Crippen MR) is 115 cm³/mol. The molecule has 0 spiro atoms. The van der Waals surface area contributed by atoms with Gasteiger partial charge in [0.1, 0.15) is 17.0 Å². The summed E-state index contributed by atoms with van der Waals surface area (Å²) in [6, 6.07) is 18.3. The summed E-state index contributed by atoms with van der Waals surface area (Å²) >= 11 is 1.38. The van der Waals surface area contributed by atoms with Crippen LogP contribution in [0, 0.1) is 11.6 Å². The number of carbonyl (C=O) groups is 2. The van der Waals surface area contributed by atoms with E-state index in [0.717, 1.165) is 5.56 Å². The Labute approximate surface area is 176 Å². The van der Waals surface area contributed by atoms with Crippen molar-refractivity contribution in [2.24, 2.45) is 0 Å². The SMILES string of the molecule is O=C(Nc1cccc([C@H]2SCC(=O)N2c2ccccc2F)c1)Nc1ccccc1F. The van der Waals surface area contributed by atoms with Gasteiger partial charge in [-0.1, -0.05) is 36.4 Å². The van der Waals surface area contributed by atoms with Crippen LogP contribution < -0.4 is 15.5 Å². The molecule has 1 aliphatic rings. The van der Waals surface area contributed by atoms with Crippen molar-refractivity contribution in [2.75, 3.05) is 21.3 Å². The second kappa shape index (κ2) is 8.54. The minimum atomic E-state index is -0.599. The number of urea groups is 1. The van der Waals surface area contributed by atoms with Crippen LogP contribution in [0.4, 0.5) is 30.6 Å². The molecule has 0 saturated carbocycles. The highest BCUT2D eigenvalue weighted by atomic mass is 32.2. The van der Waals surface area contributed by atoms with Crippen LogP contribution in [0.5, 0.6) is 0 Å². The summed E-state index contributed by atoms with van der Waals surface area (Å²) in [6.45, 7) is 0. The van der Waals surface area contributed by atoms with Crippen molar-refractivity contribution in [2.45, 2.75) is 5.37 Å². The Balaban J connectivity index is 1.54. The first kappa shape index (κ1) is 19.9. The fourth-order valence-electron chi connectivity index (χ4n) is 3.20. The van der Waals surface area contributed by atoms with E-state index >= 15 is 0 Å². The van der Waals surface area contributed by atoms with Gasteiger partial charge in [-0.2, -0.15) is 0 Å². The molecule has 1 saturated heterocycles. The number of nitrogens with one attached hydrogen (secondary N) is 2. The minimum Gasteiger partial charge on any atom is -0.308 e. The summed E-state index contributed by atoms with van der Waals surface area (Å²) in [5.41, 5.74) is 1.48. The van der Waals surface area contributed by atoms with Gasteiger partial charge < -0.3 is 10.6 Å². The summed E-state index contributed by atoms with van der Waals surface area (Å²) in [7, 11) is 0. The molecule has 4 rings (SSSR count). The highest BCUT2D eigenvalue weighted by Gasteiger charge is 2.35. The number of rotatable bonds is 4. The first-order valence-corrected chi connectivity index (χ1v) is 10.2. The van der Waals surface area contributed by atoms with E-state index < -0.39 is 23.0 Å². The molecule has 3 aromatic carbocycles. The van der Waals surface area contributed by atoms with Crippen LogP contribution in [0.25, 0.3) is 0 Å². The molecule has 0 bridgehead atoms. The number of nitrogens with zero attached hydrogens (tertiary/aromatic N) is 1. The molecule has 0 aliphatic carbocycles. The number of hydrogen-bond acceptors (Lipinski definition) is 3. The molecule has 2 N–H and O–H groups in total. The highest BCUT2D eigenvalue weighted by Crippen LogP contribution is 2.42. The van der Waals surface area contributed by atoms with Crippen LogP contribution in [0.1, 0.15) is 10.9 Å². The Morgan fingerprint density at radius 3 is 2.43 bits per heavy atom. The Morgan fingerprint density at radius 2 is 1.67 bits per heavy atom. The molecule has 8 heteroatoms. The van der Waals surface area contributed by atoms with E-state index in [1.54, 1.807) is 42.5 Å². The van der Waals surface area contributed by atoms with E-state index in [1.807, 2.05) is 6.07 Å². The van der Waals surface area contributed by atoms with Crippen LogP contribution in [0.15, 0.2) is 72.8 Å². The van der Waals surface area contributed by atoms with Gasteiger partial charge in [0, 0.05) is 5.69 Å². The van der Waals surface area contributed by atoms with Gasteiger partial charge in [0.25, 0.3) is 0 Å². The quantitative estimate of drug-likeness (QED) is 0.589.